The Morgan fingerprint density at radius 1 is 1.36 bits per heavy atom. The molecule has 4 heterocycles. The van der Waals surface area contributed by atoms with Gasteiger partial charge >= 0.3 is 0 Å². The van der Waals surface area contributed by atoms with E-state index in [1.54, 1.807) is 14.1 Å². The second-order valence-corrected chi connectivity index (χ2v) is 6.20. The molecular weight excluding hydrogens is 320 g/mol. The second kappa shape index (κ2) is 5.83. The Kier molecular flexibility index (Phi) is 3.63. The first-order valence-electron chi connectivity index (χ1n) is 8.35. The van der Waals surface area contributed by atoms with Gasteiger partial charge in [0.05, 0.1) is 5.69 Å². The summed E-state index contributed by atoms with van der Waals surface area (Å²) in [6.07, 6.45) is 2.97. The average Bonchev–Trinajstić information content (AvgIpc) is 3.27. The Balaban J connectivity index is 1.61. The summed E-state index contributed by atoms with van der Waals surface area (Å²) in [5, 5.41) is 11.8. The number of rotatable bonds is 4. The molecule has 0 bridgehead atoms. The molecule has 25 heavy (non-hydrogen) atoms. The molecule has 4 rings (SSSR count). The number of carbonyl (C=O) groups is 1. The summed E-state index contributed by atoms with van der Waals surface area (Å²) in [5.74, 6) is 2.12. The van der Waals surface area contributed by atoms with Crippen LogP contribution in [0.15, 0.2) is 18.5 Å². The van der Waals surface area contributed by atoms with E-state index in [4.69, 9.17) is 0 Å². The fourth-order valence-electron chi connectivity index (χ4n) is 3.21. The van der Waals surface area contributed by atoms with Gasteiger partial charge in [0.2, 0.25) is 0 Å². The predicted octanol–water partition coefficient (Wildman–Crippen LogP) is 0.946. The number of carbonyl (C=O) groups excluding carboxylic acids is 1. The lowest BCUT2D eigenvalue weighted by Gasteiger charge is -2.17. The maximum Gasteiger partial charge on any atom is 0.254 e. The predicted molar refractivity (Wildman–Crippen MR) is 92.5 cm³/mol. The van der Waals surface area contributed by atoms with Crippen LogP contribution in [0.25, 0.3) is 5.78 Å². The van der Waals surface area contributed by atoms with Crippen LogP contribution < -0.4 is 10.2 Å². The molecule has 1 amide bonds. The van der Waals surface area contributed by atoms with Crippen molar-refractivity contribution in [3.05, 3.63) is 29.8 Å². The van der Waals surface area contributed by atoms with Gasteiger partial charge in [0.1, 0.15) is 24.0 Å². The molecule has 130 valence electrons. The summed E-state index contributed by atoms with van der Waals surface area (Å²) in [6, 6.07) is 3.54. The fraction of sp³-hybridized carbons (Fsp3) is 0.438. The molecule has 0 aromatic carbocycles. The zero-order chi connectivity index (χ0) is 17.6. The van der Waals surface area contributed by atoms with Crippen molar-refractivity contribution in [3.8, 4) is 0 Å². The van der Waals surface area contributed by atoms with Crippen LogP contribution in [0, 0.1) is 6.92 Å². The summed E-state index contributed by atoms with van der Waals surface area (Å²) in [6.45, 7) is 4.61. The highest BCUT2D eigenvalue weighted by atomic mass is 16.2. The Morgan fingerprint density at radius 3 is 2.92 bits per heavy atom. The van der Waals surface area contributed by atoms with Crippen LogP contribution in [0.2, 0.25) is 0 Å². The van der Waals surface area contributed by atoms with E-state index in [9.17, 15) is 4.79 Å². The first kappa shape index (κ1) is 15.6. The normalized spacial score (nSPS) is 17.6. The summed E-state index contributed by atoms with van der Waals surface area (Å²) in [7, 11) is 1.85. The zero-order valence-electron chi connectivity index (χ0n) is 14.5. The van der Waals surface area contributed by atoms with Crippen LogP contribution in [0.5, 0.6) is 0 Å². The van der Waals surface area contributed by atoms with Crippen LogP contribution in [0.4, 0.5) is 11.6 Å². The molecule has 0 spiro atoms. The SMILES string of the molecule is CCc1cc(NC2CCN(c3cc(C)nn3C)C2=O)n2ncnc2n1. The maximum atomic E-state index is 12.9. The number of hydrogen-bond acceptors (Lipinski definition) is 6. The molecular formula is C16H20N8O. The highest BCUT2D eigenvalue weighted by Crippen LogP contribution is 2.24. The molecule has 1 aliphatic heterocycles. The lowest BCUT2D eigenvalue weighted by atomic mass is 10.2. The first-order chi connectivity index (χ1) is 12.1. The third kappa shape index (κ3) is 2.61. The third-order valence-corrected chi connectivity index (χ3v) is 4.45. The summed E-state index contributed by atoms with van der Waals surface area (Å²) in [5.41, 5.74) is 1.81. The highest BCUT2D eigenvalue weighted by molar-refractivity contribution is 6.00. The molecule has 0 saturated carbocycles. The molecule has 1 aliphatic rings. The topological polar surface area (TPSA) is 93.2 Å². The Bertz CT molecular complexity index is 943. The summed E-state index contributed by atoms with van der Waals surface area (Å²) in [4.78, 5) is 23.2. The number of amides is 1. The van der Waals surface area contributed by atoms with Gasteiger partial charge < -0.3 is 5.32 Å². The van der Waals surface area contributed by atoms with Crippen molar-refractivity contribution < 1.29 is 4.79 Å². The van der Waals surface area contributed by atoms with Gasteiger partial charge in [0, 0.05) is 31.4 Å². The molecule has 3 aromatic rings. The van der Waals surface area contributed by atoms with Crippen molar-refractivity contribution in [2.24, 2.45) is 7.05 Å². The van der Waals surface area contributed by atoms with Gasteiger partial charge in [-0.25, -0.2) is 4.98 Å². The monoisotopic (exact) mass is 340 g/mol. The van der Waals surface area contributed by atoms with Gasteiger partial charge in [-0.3, -0.25) is 14.4 Å². The lowest BCUT2D eigenvalue weighted by molar-refractivity contribution is -0.117. The number of nitrogens with one attached hydrogen (secondary N) is 1. The third-order valence-electron chi connectivity index (χ3n) is 4.45. The van der Waals surface area contributed by atoms with Gasteiger partial charge in [0.15, 0.2) is 0 Å². The van der Waals surface area contributed by atoms with Gasteiger partial charge in [-0.2, -0.15) is 19.7 Å². The van der Waals surface area contributed by atoms with E-state index >= 15 is 0 Å². The summed E-state index contributed by atoms with van der Waals surface area (Å²) >= 11 is 0. The fourth-order valence-corrected chi connectivity index (χ4v) is 3.21. The molecule has 0 radical (unpaired) electrons. The van der Waals surface area contributed by atoms with Crippen LogP contribution in [-0.2, 0) is 18.3 Å². The Labute approximate surface area is 144 Å². The van der Waals surface area contributed by atoms with Crippen molar-refractivity contribution in [1.82, 2.24) is 29.4 Å². The van der Waals surface area contributed by atoms with E-state index in [0.29, 0.717) is 18.7 Å². The maximum absolute atomic E-state index is 12.9. The van der Waals surface area contributed by atoms with Crippen LogP contribution in [0.1, 0.15) is 24.7 Å². The minimum atomic E-state index is -0.310. The van der Waals surface area contributed by atoms with Crippen LogP contribution >= 0.6 is 0 Å². The molecule has 9 nitrogen and oxygen atoms in total. The minimum Gasteiger partial charge on any atom is -0.358 e. The number of aromatic nitrogens is 6. The van der Waals surface area contributed by atoms with Crippen molar-refractivity contribution >= 4 is 23.3 Å². The first-order valence-corrected chi connectivity index (χ1v) is 8.35. The molecule has 1 N–H and O–H groups in total. The van der Waals surface area contributed by atoms with E-state index < -0.39 is 0 Å². The zero-order valence-corrected chi connectivity index (χ0v) is 14.5. The number of fused-ring (bicyclic) bond motifs is 1. The van der Waals surface area contributed by atoms with Crippen molar-refractivity contribution in [3.63, 3.8) is 0 Å². The number of nitrogens with zero attached hydrogens (tertiary/aromatic N) is 7. The molecule has 3 aromatic heterocycles. The Morgan fingerprint density at radius 2 is 2.20 bits per heavy atom. The highest BCUT2D eigenvalue weighted by Gasteiger charge is 2.34. The van der Waals surface area contributed by atoms with Gasteiger partial charge in [-0.1, -0.05) is 6.92 Å². The minimum absolute atomic E-state index is 0.0335. The summed E-state index contributed by atoms with van der Waals surface area (Å²) < 4.78 is 3.37. The molecule has 1 unspecified atom stereocenters. The Hall–Kier alpha value is -2.97. The average molecular weight is 340 g/mol. The van der Waals surface area contributed by atoms with Crippen molar-refractivity contribution in [2.45, 2.75) is 32.7 Å². The number of hydrogen-bond donors (Lipinski definition) is 1. The van der Waals surface area contributed by atoms with E-state index in [0.717, 1.165) is 29.4 Å². The van der Waals surface area contributed by atoms with E-state index in [1.807, 2.05) is 33.0 Å². The molecule has 1 saturated heterocycles. The van der Waals surface area contributed by atoms with Gasteiger partial charge in [-0.05, 0) is 19.8 Å². The van der Waals surface area contributed by atoms with Crippen LogP contribution in [0.3, 0.4) is 0 Å². The van der Waals surface area contributed by atoms with Gasteiger partial charge in [0.25, 0.3) is 11.7 Å². The molecule has 9 heteroatoms. The largest absolute Gasteiger partial charge is 0.358 e. The number of anilines is 2. The molecule has 1 atom stereocenters. The van der Waals surface area contributed by atoms with Crippen molar-refractivity contribution in [2.75, 3.05) is 16.8 Å². The smallest absolute Gasteiger partial charge is 0.254 e. The van der Waals surface area contributed by atoms with Gasteiger partial charge in [-0.15, -0.1) is 0 Å². The van der Waals surface area contributed by atoms with E-state index in [-0.39, 0.29) is 11.9 Å². The number of aryl methyl sites for hydroxylation is 3. The molecule has 0 aliphatic carbocycles. The van der Waals surface area contributed by atoms with E-state index in [2.05, 4.69) is 25.5 Å². The van der Waals surface area contributed by atoms with E-state index in [1.165, 1.54) is 6.33 Å². The molecule has 1 fully saturated rings. The lowest BCUT2D eigenvalue weighted by Crippen LogP contribution is -2.35. The standard InChI is InChI=1S/C16H20N8O/c1-4-11-8-13(24-16(19-11)17-9-18-24)20-12-5-6-23(15(12)25)14-7-10(2)21-22(14)3/h7-9,12,20H,4-6H2,1-3H3. The quantitative estimate of drug-likeness (QED) is 0.760. The van der Waals surface area contributed by atoms with Crippen molar-refractivity contribution in [1.29, 1.82) is 0 Å². The van der Waals surface area contributed by atoms with Crippen LogP contribution in [-0.4, -0.2) is 47.9 Å². The second-order valence-electron chi connectivity index (χ2n) is 6.20.